The molecule has 0 saturated heterocycles. The van der Waals surface area contributed by atoms with E-state index in [4.69, 9.17) is 0 Å². The molecule has 3 rings (SSSR count). The van der Waals surface area contributed by atoms with E-state index in [1.807, 2.05) is 7.05 Å². The number of fused-ring (bicyclic) bond motifs is 3. The lowest BCUT2D eigenvalue weighted by molar-refractivity contribution is 0.217. The number of halogens is 1. The number of nitrogens with one attached hydrogen (secondary N) is 2. The standard InChI is InChI=1S/C16H20FN3O/c1-3-6-20-8-13(18-2)15-11-5-4-10(17)7-12(11)16(21)19-14(15)9-20/h4-5,7,13,18H,3,6,8-9H2,1-2H3,(H,19,21). The number of nitrogens with zero attached hydrogens (tertiary/aromatic N) is 1. The van der Waals surface area contributed by atoms with Crippen LogP contribution >= 0.6 is 0 Å². The van der Waals surface area contributed by atoms with Crippen LogP contribution in [0.4, 0.5) is 4.39 Å². The molecule has 1 unspecified atom stereocenters. The summed E-state index contributed by atoms with van der Waals surface area (Å²) in [6, 6.07) is 4.61. The van der Waals surface area contributed by atoms with Crippen molar-refractivity contribution in [3.05, 3.63) is 45.6 Å². The highest BCUT2D eigenvalue weighted by atomic mass is 19.1. The minimum absolute atomic E-state index is 0.144. The zero-order valence-electron chi connectivity index (χ0n) is 12.4. The molecule has 2 heterocycles. The van der Waals surface area contributed by atoms with Gasteiger partial charge in [0.25, 0.3) is 5.56 Å². The van der Waals surface area contributed by atoms with E-state index in [1.165, 1.54) is 12.1 Å². The Hall–Kier alpha value is -1.72. The van der Waals surface area contributed by atoms with E-state index in [1.54, 1.807) is 6.07 Å². The molecule has 0 aliphatic carbocycles. The molecule has 0 saturated carbocycles. The second-order valence-corrected chi connectivity index (χ2v) is 5.61. The number of benzene rings is 1. The van der Waals surface area contributed by atoms with Crippen LogP contribution in [0, 0.1) is 5.82 Å². The van der Waals surface area contributed by atoms with E-state index < -0.39 is 0 Å². The van der Waals surface area contributed by atoms with Crippen molar-refractivity contribution in [1.82, 2.24) is 15.2 Å². The van der Waals surface area contributed by atoms with Gasteiger partial charge in [0.1, 0.15) is 5.82 Å². The first-order chi connectivity index (χ1) is 10.1. The molecule has 21 heavy (non-hydrogen) atoms. The predicted octanol–water partition coefficient (Wildman–Crippen LogP) is 2.15. The Morgan fingerprint density at radius 2 is 2.24 bits per heavy atom. The highest BCUT2D eigenvalue weighted by Gasteiger charge is 2.27. The van der Waals surface area contributed by atoms with Crippen LogP contribution in [0.2, 0.25) is 0 Å². The Bertz CT molecular complexity index is 725. The van der Waals surface area contributed by atoms with Gasteiger partial charge in [0.2, 0.25) is 0 Å². The molecule has 1 aliphatic heterocycles. The Labute approximate surface area is 123 Å². The van der Waals surface area contributed by atoms with Crippen molar-refractivity contribution < 1.29 is 4.39 Å². The van der Waals surface area contributed by atoms with Crippen LogP contribution in [0.3, 0.4) is 0 Å². The molecule has 0 radical (unpaired) electrons. The number of rotatable bonds is 3. The van der Waals surface area contributed by atoms with Crippen molar-refractivity contribution >= 4 is 10.8 Å². The maximum atomic E-state index is 13.4. The Morgan fingerprint density at radius 3 is 2.95 bits per heavy atom. The number of pyridine rings is 1. The van der Waals surface area contributed by atoms with E-state index in [2.05, 4.69) is 22.1 Å². The van der Waals surface area contributed by atoms with E-state index in [0.29, 0.717) is 5.39 Å². The first-order valence-corrected chi connectivity index (χ1v) is 7.38. The van der Waals surface area contributed by atoms with Crippen molar-refractivity contribution in [3.8, 4) is 0 Å². The lowest BCUT2D eigenvalue weighted by atomic mass is 9.94. The van der Waals surface area contributed by atoms with Gasteiger partial charge in [-0.1, -0.05) is 13.0 Å². The molecule has 112 valence electrons. The zero-order chi connectivity index (χ0) is 15.0. The van der Waals surface area contributed by atoms with Gasteiger partial charge in [-0.3, -0.25) is 9.69 Å². The van der Waals surface area contributed by atoms with Crippen molar-refractivity contribution in [2.75, 3.05) is 20.1 Å². The van der Waals surface area contributed by atoms with E-state index in [0.717, 1.165) is 42.7 Å². The average Bonchev–Trinajstić information content (AvgIpc) is 2.47. The molecule has 2 aromatic rings. The van der Waals surface area contributed by atoms with E-state index >= 15 is 0 Å². The van der Waals surface area contributed by atoms with Crippen molar-refractivity contribution in [3.63, 3.8) is 0 Å². The van der Waals surface area contributed by atoms with Gasteiger partial charge in [0.05, 0.1) is 5.39 Å². The summed E-state index contributed by atoms with van der Waals surface area (Å²) >= 11 is 0. The Balaban J connectivity index is 2.20. The molecule has 1 aromatic carbocycles. The summed E-state index contributed by atoms with van der Waals surface area (Å²) in [7, 11) is 1.92. The lowest BCUT2D eigenvalue weighted by Crippen LogP contribution is -2.40. The summed E-state index contributed by atoms with van der Waals surface area (Å²) in [4.78, 5) is 17.5. The SMILES string of the molecule is CCCN1Cc2[nH]c(=O)c3cc(F)ccc3c2C(NC)C1. The quantitative estimate of drug-likeness (QED) is 0.910. The molecule has 0 fully saturated rings. The van der Waals surface area contributed by atoms with Crippen molar-refractivity contribution in [2.45, 2.75) is 25.9 Å². The summed E-state index contributed by atoms with van der Waals surface area (Å²) in [6.07, 6.45) is 1.08. The molecule has 0 spiro atoms. The molecule has 5 heteroatoms. The van der Waals surface area contributed by atoms with Gasteiger partial charge in [-0.05, 0) is 43.1 Å². The number of likely N-dealkylation sites (N-methyl/N-ethyl adjacent to an activating group) is 1. The zero-order valence-corrected chi connectivity index (χ0v) is 12.4. The summed E-state index contributed by atoms with van der Waals surface area (Å²) < 4.78 is 13.4. The van der Waals surface area contributed by atoms with Gasteiger partial charge in [0, 0.05) is 24.8 Å². The van der Waals surface area contributed by atoms with E-state index in [-0.39, 0.29) is 17.4 Å². The molecule has 2 N–H and O–H groups in total. The second kappa shape index (κ2) is 5.58. The van der Waals surface area contributed by atoms with Crippen LogP contribution in [0.5, 0.6) is 0 Å². The van der Waals surface area contributed by atoms with Gasteiger partial charge >= 0.3 is 0 Å². The third kappa shape index (κ3) is 2.47. The van der Waals surface area contributed by atoms with Crippen LogP contribution in [0.25, 0.3) is 10.8 Å². The summed E-state index contributed by atoms with van der Waals surface area (Å²) in [5.41, 5.74) is 1.83. The molecular weight excluding hydrogens is 269 g/mol. The van der Waals surface area contributed by atoms with Crippen molar-refractivity contribution in [2.24, 2.45) is 0 Å². The fourth-order valence-corrected chi connectivity index (χ4v) is 3.26. The first-order valence-electron chi connectivity index (χ1n) is 7.38. The molecule has 1 aromatic heterocycles. The maximum Gasteiger partial charge on any atom is 0.256 e. The number of hydrogen-bond donors (Lipinski definition) is 2. The fourth-order valence-electron chi connectivity index (χ4n) is 3.26. The number of H-pyrrole nitrogens is 1. The Morgan fingerprint density at radius 1 is 1.43 bits per heavy atom. The highest BCUT2D eigenvalue weighted by Crippen LogP contribution is 2.30. The fraction of sp³-hybridized carbons (Fsp3) is 0.438. The number of aromatic amines is 1. The van der Waals surface area contributed by atoms with Gasteiger partial charge < -0.3 is 10.3 Å². The number of aromatic nitrogens is 1. The number of hydrogen-bond acceptors (Lipinski definition) is 3. The molecular formula is C16H20FN3O. The highest BCUT2D eigenvalue weighted by molar-refractivity contribution is 5.86. The smallest absolute Gasteiger partial charge is 0.256 e. The Kier molecular flexibility index (Phi) is 3.78. The van der Waals surface area contributed by atoms with E-state index in [9.17, 15) is 9.18 Å². The maximum absolute atomic E-state index is 13.4. The molecule has 0 amide bonds. The first kappa shape index (κ1) is 14.2. The van der Waals surface area contributed by atoms with Crippen LogP contribution in [-0.2, 0) is 6.54 Å². The monoisotopic (exact) mass is 289 g/mol. The summed E-state index contributed by atoms with van der Waals surface area (Å²) in [5.74, 6) is -0.377. The van der Waals surface area contributed by atoms with Gasteiger partial charge in [-0.2, -0.15) is 0 Å². The third-order valence-corrected chi connectivity index (χ3v) is 4.17. The minimum Gasteiger partial charge on any atom is -0.324 e. The van der Waals surface area contributed by atoms with Crippen LogP contribution in [0.1, 0.15) is 30.6 Å². The molecule has 4 nitrogen and oxygen atoms in total. The van der Waals surface area contributed by atoms with Crippen LogP contribution < -0.4 is 10.9 Å². The minimum atomic E-state index is -0.377. The summed E-state index contributed by atoms with van der Waals surface area (Å²) in [6.45, 7) is 4.79. The predicted molar refractivity (Wildman–Crippen MR) is 81.9 cm³/mol. The molecule has 0 bridgehead atoms. The normalized spacial score (nSPS) is 18.9. The van der Waals surface area contributed by atoms with Crippen LogP contribution in [-0.4, -0.2) is 30.0 Å². The second-order valence-electron chi connectivity index (χ2n) is 5.61. The van der Waals surface area contributed by atoms with Crippen LogP contribution in [0.15, 0.2) is 23.0 Å². The van der Waals surface area contributed by atoms with Gasteiger partial charge in [-0.25, -0.2) is 4.39 Å². The molecule has 1 aliphatic rings. The topological polar surface area (TPSA) is 48.1 Å². The van der Waals surface area contributed by atoms with Crippen molar-refractivity contribution in [1.29, 1.82) is 0 Å². The molecule has 1 atom stereocenters. The third-order valence-electron chi connectivity index (χ3n) is 4.17. The average molecular weight is 289 g/mol. The summed E-state index contributed by atoms with van der Waals surface area (Å²) in [5, 5.41) is 4.60. The largest absolute Gasteiger partial charge is 0.324 e. The lowest BCUT2D eigenvalue weighted by Gasteiger charge is -2.34. The van der Waals surface area contributed by atoms with Gasteiger partial charge in [-0.15, -0.1) is 0 Å². The van der Waals surface area contributed by atoms with Gasteiger partial charge in [0.15, 0.2) is 0 Å².